The molecule has 15 heavy (non-hydrogen) atoms. The van der Waals surface area contributed by atoms with Gasteiger partial charge in [-0.2, -0.15) is 13.2 Å². The van der Waals surface area contributed by atoms with E-state index in [4.69, 9.17) is 40.5 Å². The number of benzene rings is 1. The lowest BCUT2D eigenvalue weighted by Gasteiger charge is -2.17. The highest BCUT2D eigenvalue weighted by Crippen LogP contribution is 2.39. The molecule has 7 heteroatoms. The van der Waals surface area contributed by atoms with E-state index in [1.165, 1.54) is 6.07 Å². The third kappa shape index (κ3) is 2.69. The second-order valence-corrected chi connectivity index (χ2v) is 3.95. The first-order valence-corrected chi connectivity index (χ1v) is 4.84. The van der Waals surface area contributed by atoms with Gasteiger partial charge in [-0.1, -0.05) is 40.9 Å². The predicted molar refractivity (Wildman–Crippen MR) is 54.5 cm³/mol. The molecular formula is C8H5Cl3F3N. The zero-order valence-corrected chi connectivity index (χ0v) is 9.34. The Labute approximate surface area is 98.9 Å². The molecule has 0 saturated carbocycles. The molecule has 0 radical (unpaired) electrons. The molecule has 2 N–H and O–H groups in total. The maximum absolute atomic E-state index is 12.3. The van der Waals surface area contributed by atoms with Crippen LogP contribution in [0.5, 0.6) is 0 Å². The zero-order valence-electron chi connectivity index (χ0n) is 7.08. The molecule has 0 aliphatic carbocycles. The van der Waals surface area contributed by atoms with Crippen LogP contribution in [0, 0.1) is 0 Å². The van der Waals surface area contributed by atoms with E-state index in [2.05, 4.69) is 0 Å². The van der Waals surface area contributed by atoms with Crippen LogP contribution < -0.4 is 5.73 Å². The van der Waals surface area contributed by atoms with E-state index in [1.54, 1.807) is 0 Å². The minimum atomic E-state index is -4.57. The molecule has 0 heterocycles. The number of nitrogens with two attached hydrogens (primary N) is 1. The summed E-state index contributed by atoms with van der Waals surface area (Å²) in [6, 6.07) is 0.158. The largest absolute Gasteiger partial charge is 0.407 e. The molecule has 0 bridgehead atoms. The van der Waals surface area contributed by atoms with Gasteiger partial charge in [-0.05, 0) is 11.6 Å². The number of alkyl halides is 3. The molecule has 0 aliphatic rings. The van der Waals surface area contributed by atoms with E-state index in [1.807, 2.05) is 0 Å². The van der Waals surface area contributed by atoms with Gasteiger partial charge in [0.2, 0.25) is 0 Å². The third-order valence-corrected chi connectivity index (χ3v) is 3.06. The van der Waals surface area contributed by atoms with Crippen molar-refractivity contribution in [1.82, 2.24) is 0 Å². The summed E-state index contributed by atoms with van der Waals surface area (Å²) in [6.07, 6.45) is -4.57. The van der Waals surface area contributed by atoms with Crippen LogP contribution in [-0.2, 0) is 0 Å². The van der Waals surface area contributed by atoms with Crippen molar-refractivity contribution in [2.45, 2.75) is 12.2 Å². The van der Waals surface area contributed by atoms with E-state index >= 15 is 0 Å². The van der Waals surface area contributed by atoms with Crippen molar-refractivity contribution in [2.75, 3.05) is 0 Å². The van der Waals surface area contributed by atoms with Gasteiger partial charge >= 0.3 is 6.18 Å². The van der Waals surface area contributed by atoms with E-state index in [0.29, 0.717) is 0 Å². The molecule has 1 atom stereocenters. The van der Waals surface area contributed by atoms with Crippen LogP contribution in [-0.4, -0.2) is 6.18 Å². The average Bonchev–Trinajstić information content (AvgIpc) is 2.12. The molecule has 0 fully saturated rings. The lowest BCUT2D eigenvalue weighted by molar-refractivity contribution is -0.149. The fourth-order valence-electron chi connectivity index (χ4n) is 0.957. The molecule has 0 unspecified atom stereocenters. The first kappa shape index (κ1) is 12.9. The first-order valence-electron chi connectivity index (χ1n) is 3.71. The van der Waals surface area contributed by atoms with Crippen LogP contribution in [0.15, 0.2) is 12.1 Å². The van der Waals surface area contributed by atoms with Crippen LogP contribution >= 0.6 is 34.8 Å². The SMILES string of the molecule is N[C@H](c1ccc(Cl)c(Cl)c1Cl)C(F)(F)F. The monoisotopic (exact) mass is 277 g/mol. The Kier molecular flexibility index (Phi) is 3.76. The van der Waals surface area contributed by atoms with Gasteiger partial charge < -0.3 is 5.73 Å². The first-order chi connectivity index (χ1) is 6.75. The highest BCUT2D eigenvalue weighted by Gasteiger charge is 2.39. The molecule has 0 aromatic heterocycles. The minimum absolute atomic E-state index is 0.0831. The standard InChI is InChI=1S/C8H5Cl3F3N/c9-4-2-1-3(5(10)6(4)11)7(15)8(12,13)14/h1-2,7H,15H2/t7-/m1/s1. The van der Waals surface area contributed by atoms with Crippen molar-refractivity contribution in [3.8, 4) is 0 Å². The molecule has 0 amide bonds. The van der Waals surface area contributed by atoms with Gasteiger partial charge in [0.15, 0.2) is 0 Å². The van der Waals surface area contributed by atoms with Crippen molar-refractivity contribution in [1.29, 1.82) is 0 Å². The van der Waals surface area contributed by atoms with Gasteiger partial charge in [0.1, 0.15) is 6.04 Å². The maximum atomic E-state index is 12.3. The predicted octanol–water partition coefficient (Wildman–Crippen LogP) is 4.21. The highest BCUT2D eigenvalue weighted by atomic mass is 35.5. The topological polar surface area (TPSA) is 26.0 Å². The third-order valence-electron chi connectivity index (χ3n) is 1.75. The highest BCUT2D eigenvalue weighted by molar-refractivity contribution is 6.48. The summed E-state index contributed by atoms with van der Waals surface area (Å²) in [7, 11) is 0. The molecule has 0 aliphatic heterocycles. The minimum Gasteiger partial charge on any atom is -0.316 e. The molecule has 0 saturated heterocycles. The average molecular weight is 278 g/mol. The van der Waals surface area contributed by atoms with Crippen molar-refractivity contribution in [2.24, 2.45) is 5.73 Å². The van der Waals surface area contributed by atoms with Crippen molar-refractivity contribution in [3.63, 3.8) is 0 Å². The van der Waals surface area contributed by atoms with Crippen molar-refractivity contribution >= 4 is 34.8 Å². The van der Waals surface area contributed by atoms with Gasteiger partial charge in [-0.25, -0.2) is 0 Å². The molecule has 1 aromatic carbocycles. The van der Waals surface area contributed by atoms with E-state index in [9.17, 15) is 13.2 Å². The quantitative estimate of drug-likeness (QED) is 0.765. The maximum Gasteiger partial charge on any atom is 0.407 e. The second-order valence-electron chi connectivity index (χ2n) is 2.78. The van der Waals surface area contributed by atoms with Gasteiger partial charge in [-0.15, -0.1) is 0 Å². The van der Waals surface area contributed by atoms with Gasteiger partial charge in [0.25, 0.3) is 0 Å². The number of rotatable bonds is 1. The summed E-state index contributed by atoms with van der Waals surface area (Å²) in [4.78, 5) is 0. The Morgan fingerprint density at radius 2 is 1.60 bits per heavy atom. The smallest absolute Gasteiger partial charge is 0.316 e. The van der Waals surface area contributed by atoms with Crippen LogP contribution in [0.4, 0.5) is 13.2 Å². The number of hydrogen-bond donors (Lipinski definition) is 1. The lowest BCUT2D eigenvalue weighted by Crippen LogP contribution is -2.28. The summed E-state index contributed by atoms with van der Waals surface area (Å²) in [5.41, 5.74) is 4.69. The molecule has 0 spiro atoms. The Morgan fingerprint density at radius 3 is 2.07 bits per heavy atom. The normalized spacial score (nSPS) is 14.1. The Bertz CT molecular complexity index is 378. The van der Waals surface area contributed by atoms with Gasteiger partial charge in [-0.3, -0.25) is 0 Å². The summed E-state index contributed by atoms with van der Waals surface area (Å²) >= 11 is 16.8. The van der Waals surface area contributed by atoms with Crippen molar-refractivity contribution < 1.29 is 13.2 Å². The second kappa shape index (κ2) is 4.37. The summed E-state index contributed by atoms with van der Waals surface area (Å²) in [6.45, 7) is 0. The van der Waals surface area contributed by atoms with Crippen LogP contribution in [0.2, 0.25) is 15.1 Å². The summed E-state index contributed by atoms with van der Waals surface area (Å²) in [5.74, 6) is 0. The zero-order chi connectivity index (χ0) is 11.8. The summed E-state index contributed by atoms with van der Waals surface area (Å²) in [5, 5.41) is -0.315. The fraction of sp³-hybridized carbons (Fsp3) is 0.250. The van der Waals surface area contributed by atoms with E-state index < -0.39 is 12.2 Å². The van der Waals surface area contributed by atoms with Crippen LogP contribution in [0.3, 0.4) is 0 Å². The molecule has 84 valence electrons. The molecular weight excluding hydrogens is 273 g/mol. The van der Waals surface area contributed by atoms with E-state index in [0.717, 1.165) is 6.07 Å². The number of hydrogen-bond acceptors (Lipinski definition) is 1. The van der Waals surface area contributed by atoms with E-state index in [-0.39, 0.29) is 20.6 Å². The molecule has 1 aromatic rings. The molecule has 1 nitrogen and oxygen atoms in total. The number of halogens is 6. The fourth-order valence-corrected chi connectivity index (χ4v) is 1.62. The van der Waals surface area contributed by atoms with Crippen LogP contribution in [0.1, 0.15) is 11.6 Å². The van der Waals surface area contributed by atoms with Crippen molar-refractivity contribution in [3.05, 3.63) is 32.8 Å². The van der Waals surface area contributed by atoms with Gasteiger partial charge in [0, 0.05) is 0 Å². The Hall–Kier alpha value is -0.160. The van der Waals surface area contributed by atoms with Crippen LogP contribution in [0.25, 0.3) is 0 Å². The molecule has 1 rings (SSSR count). The lowest BCUT2D eigenvalue weighted by atomic mass is 10.1. The van der Waals surface area contributed by atoms with Gasteiger partial charge in [0.05, 0.1) is 15.1 Å². The summed E-state index contributed by atoms with van der Waals surface area (Å²) < 4.78 is 36.9. The Morgan fingerprint density at radius 1 is 1.07 bits per heavy atom. The Balaban J connectivity index is 3.23.